The molecule has 0 unspecified atom stereocenters. The number of nitrogens with zero attached hydrogens (tertiary/aromatic N) is 1. The van der Waals surface area contributed by atoms with Crippen LogP contribution in [0.2, 0.25) is 0 Å². The number of rotatable bonds is 11. The number of hydrogen-bond donors (Lipinski definition) is 2. The summed E-state index contributed by atoms with van der Waals surface area (Å²) in [7, 11) is -1.28. The fourth-order valence-corrected chi connectivity index (χ4v) is 1.72. The Balaban J connectivity index is 0. The normalized spacial score (nSPS) is 11.9. The van der Waals surface area contributed by atoms with Crippen molar-refractivity contribution in [1.29, 1.82) is 0 Å². The molecule has 0 fully saturated rings. The molecule has 0 aromatic rings. The molecule has 0 spiro atoms. The van der Waals surface area contributed by atoms with Gasteiger partial charge in [0.05, 0.1) is 19.0 Å². The maximum Gasteiger partial charge on any atom is 0.191 e. The number of methoxy groups -OCH3 is 1. The fourth-order valence-electron chi connectivity index (χ4n) is 1.30. The van der Waals surface area contributed by atoms with Crippen LogP contribution in [0.15, 0.2) is 4.99 Å². The van der Waals surface area contributed by atoms with Crippen LogP contribution in [0.3, 0.4) is 0 Å². The molecule has 2 N–H and O–H groups in total. The van der Waals surface area contributed by atoms with Gasteiger partial charge in [-0.05, 0) is 13.3 Å². The summed E-state index contributed by atoms with van der Waals surface area (Å²) in [6.45, 7) is 5.41. The van der Waals surface area contributed by atoms with E-state index in [0.29, 0.717) is 26.3 Å². The lowest BCUT2D eigenvalue weighted by Crippen LogP contribution is -2.39. The van der Waals surface area contributed by atoms with Crippen LogP contribution in [-0.2, 0) is 19.3 Å². The highest BCUT2D eigenvalue weighted by Gasteiger charge is 2.01. The number of halogens is 1. The van der Waals surface area contributed by atoms with Crippen LogP contribution in [-0.4, -0.2) is 73.0 Å². The van der Waals surface area contributed by atoms with Crippen LogP contribution in [0.25, 0.3) is 0 Å². The molecule has 0 aliphatic rings. The summed E-state index contributed by atoms with van der Waals surface area (Å²) in [5, 5.41) is 6.24. The van der Waals surface area contributed by atoms with E-state index in [-0.39, 0.29) is 36.3 Å². The van der Waals surface area contributed by atoms with Gasteiger partial charge in [0.25, 0.3) is 0 Å². The SMILES string of the molecule is CCNC(=NCCCOC)NCCOCCS(C)(=O)=O.I. The van der Waals surface area contributed by atoms with Crippen LogP contribution in [0.5, 0.6) is 0 Å². The van der Waals surface area contributed by atoms with Crippen molar-refractivity contribution in [1.82, 2.24) is 10.6 Å². The first kappa shape index (κ1) is 23.1. The second kappa shape index (κ2) is 14.8. The number of aliphatic imine (C=N–C) groups is 1. The third kappa shape index (κ3) is 17.8. The van der Waals surface area contributed by atoms with E-state index < -0.39 is 9.84 Å². The molecule has 0 amide bonds. The first-order valence-electron chi connectivity index (χ1n) is 6.76. The zero-order chi connectivity index (χ0) is 15.3. The van der Waals surface area contributed by atoms with Crippen LogP contribution in [0.1, 0.15) is 13.3 Å². The second-order valence-corrected chi connectivity index (χ2v) is 6.54. The van der Waals surface area contributed by atoms with Crippen molar-refractivity contribution in [3.8, 4) is 0 Å². The first-order chi connectivity index (χ1) is 9.49. The average molecular weight is 437 g/mol. The number of nitrogens with one attached hydrogen (secondary N) is 2. The van der Waals surface area contributed by atoms with Crippen molar-refractivity contribution in [2.75, 3.05) is 58.6 Å². The highest BCUT2D eigenvalue weighted by molar-refractivity contribution is 14.0. The molecule has 0 rings (SSSR count). The van der Waals surface area contributed by atoms with E-state index in [1.807, 2.05) is 6.92 Å². The van der Waals surface area contributed by atoms with E-state index in [2.05, 4.69) is 15.6 Å². The lowest BCUT2D eigenvalue weighted by Gasteiger charge is -2.11. The van der Waals surface area contributed by atoms with Gasteiger partial charge in [0.15, 0.2) is 5.96 Å². The minimum Gasteiger partial charge on any atom is -0.385 e. The van der Waals surface area contributed by atoms with Crippen molar-refractivity contribution in [2.24, 2.45) is 4.99 Å². The van der Waals surface area contributed by atoms with Gasteiger partial charge in [-0.15, -0.1) is 24.0 Å². The monoisotopic (exact) mass is 437 g/mol. The predicted molar refractivity (Wildman–Crippen MR) is 96.4 cm³/mol. The van der Waals surface area contributed by atoms with Crippen LogP contribution < -0.4 is 10.6 Å². The quantitative estimate of drug-likeness (QED) is 0.209. The van der Waals surface area contributed by atoms with Crippen molar-refractivity contribution in [3.05, 3.63) is 0 Å². The smallest absolute Gasteiger partial charge is 0.191 e. The molecule has 0 saturated carbocycles. The van der Waals surface area contributed by atoms with Crippen molar-refractivity contribution < 1.29 is 17.9 Å². The Morgan fingerprint density at radius 3 is 2.48 bits per heavy atom. The number of ether oxygens (including phenoxy) is 2. The lowest BCUT2D eigenvalue weighted by molar-refractivity contribution is 0.154. The van der Waals surface area contributed by atoms with Gasteiger partial charge in [0, 0.05) is 39.6 Å². The molecule has 0 aromatic carbocycles. The summed E-state index contributed by atoms with van der Waals surface area (Å²) in [5.41, 5.74) is 0. The van der Waals surface area contributed by atoms with Crippen molar-refractivity contribution in [3.63, 3.8) is 0 Å². The summed E-state index contributed by atoms with van der Waals surface area (Å²) in [5.74, 6) is 0.786. The van der Waals surface area contributed by atoms with E-state index in [4.69, 9.17) is 9.47 Å². The first-order valence-corrected chi connectivity index (χ1v) is 8.82. The summed E-state index contributed by atoms with van der Waals surface area (Å²) < 4.78 is 32.0. The molecule has 0 aliphatic heterocycles. The van der Waals surface area contributed by atoms with E-state index in [0.717, 1.165) is 18.9 Å². The lowest BCUT2D eigenvalue weighted by atomic mass is 10.5. The highest BCUT2D eigenvalue weighted by Crippen LogP contribution is 1.85. The molecule has 0 heterocycles. The number of guanidine groups is 1. The minimum absolute atomic E-state index is 0. The molecule has 21 heavy (non-hydrogen) atoms. The summed E-state index contributed by atoms with van der Waals surface area (Å²) in [4.78, 5) is 4.37. The molecule has 0 saturated heterocycles. The molecule has 7 nitrogen and oxygen atoms in total. The van der Waals surface area contributed by atoms with Gasteiger partial charge in [-0.3, -0.25) is 4.99 Å². The largest absolute Gasteiger partial charge is 0.385 e. The minimum atomic E-state index is -2.95. The maximum atomic E-state index is 10.9. The molecular weight excluding hydrogens is 409 g/mol. The average Bonchev–Trinajstić information content (AvgIpc) is 2.37. The van der Waals surface area contributed by atoms with Gasteiger partial charge in [-0.25, -0.2) is 8.42 Å². The van der Waals surface area contributed by atoms with Gasteiger partial charge in [-0.1, -0.05) is 0 Å². The van der Waals surface area contributed by atoms with E-state index in [9.17, 15) is 8.42 Å². The Kier molecular flexibility index (Phi) is 16.3. The molecule has 0 aromatic heterocycles. The third-order valence-electron chi connectivity index (χ3n) is 2.26. The van der Waals surface area contributed by atoms with Crippen molar-refractivity contribution in [2.45, 2.75) is 13.3 Å². The fraction of sp³-hybridized carbons (Fsp3) is 0.917. The second-order valence-electron chi connectivity index (χ2n) is 4.28. The van der Waals surface area contributed by atoms with Crippen molar-refractivity contribution >= 4 is 39.8 Å². The molecule has 0 bridgehead atoms. The molecular formula is C12H28IN3O4S. The van der Waals surface area contributed by atoms with Crippen LogP contribution in [0.4, 0.5) is 0 Å². The Bertz CT molecular complexity index is 364. The molecule has 0 radical (unpaired) electrons. The summed E-state index contributed by atoms with van der Waals surface area (Å²) in [6, 6.07) is 0. The van der Waals surface area contributed by atoms with E-state index >= 15 is 0 Å². The summed E-state index contributed by atoms with van der Waals surface area (Å²) >= 11 is 0. The van der Waals surface area contributed by atoms with Gasteiger partial charge < -0.3 is 20.1 Å². The van der Waals surface area contributed by atoms with Gasteiger partial charge in [0.2, 0.25) is 0 Å². The molecule has 0 aliphatic carbocycles. The standard InChI is InChI=1S/C12H27N3O4S.HI/c1-4-13-12(14-6-5-8-18-2)15-7-9-19-10-11-20(3,16)17;/h4-11H2,1-3H3,(H2,13,14,15);1H. The van der Waals surface area contributed by atoms with E-state index in [1.54, 1.807) is 7.11 Å². The molecule has 128 valence electrons. The number of sulfone groups is 1. The Morgan fingerprint density at radius 1 is 1.19 bits per heavy atom. The maximum absolute atomic E-state index is 10.9. The van der Waals surface area contributed by atoms with Gasteiger partial charge in [0.1, 0.15) is 9.84 Å². The zero-order valence-electron chi connectivity index (χ0n) is 13.1. The highest BCUT2D eigenvalue weighted by atomic mass is 127. The van der Waals surface area contributed by atoms with E-state index in [1.165, 1.54) is 6.26 Å². The molecule has 0 atom stereocenters. The zero-order valence-corrected chi connectivity index (χ0v) is 16.2. The van der Waals surface area contributed by atoms with Crippen LogP contribution in [0, 0.1) is 0 Å². The predicted octanol–water partition coefficient (Wildman–Crippen LogP) is 0.257. The topological polar surface area (TPSA) is 89.0 Å². The summed E-state index contributed by atoms with van der Waals surface area (Å²) in [6.07, 6.45) is 2.07. The molecule has 9 heteroatoms. The van der Waals surface area contributed by atoms with Gasteiger partial charge >= 0.3 is 0 Å². The van der Waals surface area contributed by atoms with Gasteiger partial charge in [-0.2, -0.15) is 0 Å². The third-order valence-corrected chi connectivity index (χ3v) is 3.17. The Hall–Kier alpha value is -0.130. The van der Waals surface area contributed by atoms with Crippen LogP contribution >= 0.6 is 24.0 Å². The number of hydrogen-bond acceptors (Lipinski definition) is 5. The Morgan fingerprint density at radius 2 is 1.90 bits per heavy atom. The Labute approximate surface area is 145 Å².